The molecule has 86 valence electrons. The van der Waals surface area contributed by atoms with Crippen LogP contribution in [-0.2, 0) is 4.79 Å². The first-order valence-corrected chi connectivity index (χ1v) is 6.14. The Labute approximate surface area is 92.2 Å². The molecule has 15 heavy (non-hydrogen) atoms. The van der Waals surface area contributed by atoms with Gasteiger partial charge in [0.2, 0.25) is 5.91 Å². The van der Waals surface area contributed by atoms with Crippen molar-refractivity contribution in [2.45, 2.75) is 45.6 Å². The van der Waals surface area contributed by atoms with Crippen molar-refractivity contribution in [3.8, 4) is 0 Å². The lowest BCUT2D eigenvalue weighted by atomic mass is 9.60. The van der Waals surface area contributed by atoms with Gasteiger partial charge >= 0.3 is 0 Å². The summed E-state index contributed by atoms with van der Waals surface area (Å²) in [5, 5.41) is 3.51. The van der Waals surface area contributed by atoms with E-state index in [1.54, 1.807) is 6.92 Å². The van der Waals surface area contributed by atoms with Gasteiger partial charge in [0, 0.05) is 26.1 Å². The number of carbonyl (C=O) groups is 1. The second kappa shape index (κ2) is 4.12. The summed E-state index contributed by atoms with van der Waals surface area (Å²) in [4.78, 5) is 13.2. The smallest absolute Gasteiger partial charge is 0.219 e. The summed E-state index contributed by atoms with van der Waals surface area (Å²) >= 11 is 0. The molecule has 1 aliphatic heterocycles. The Balaban J connectivity index is 1.77. The second-order valence-corrected chi connectivity index (χ2v) is 5.17. The minimum Gasteiger partial charge on any atom is -0.343 e. The zero-order chi connectivity index (χ0) is 10.9. The van der Waals surface area contributed by atoms with Crippen LogP contribution in [0.2, 0.25) is 0 Å². The molecule has 1 spiro atoms. The number of rotatable bonds is 2. The Bertz CT molecular complexity index is 236. The minimum absolute atomic E-state index is 0.243. The van der Waals surface area contributed by atoms with E-state index in [1.165, 1.54) is 25.7 Å². The van der Waals surface area contributed by atoms with Gasteiger partial charge in [0.25, 0.3) is 0 Å². The maximum atomic E-state index is 11.2. The molecule has 1 aliphatic carbocycles. The third-order valence-electron chi connectivity index (χ3n) is 4.12. The van der Waals surface area contributed by atoms with Crippen LogP contribution in [0.4, 0.5) is 0 Å². The fourth-order valence-corrected chi connectivity index (χ4v) is 3.12. The van der Waals surface area contributed by atoms with Crippen LogP contribution in [0.25, 0.3) is 0 Å². The fraction of sp³-hybridized carbons (Fsp3) is 0.917. The Hall–Kier alpha value is -0.570. The summed E-state index contributed by atoms with van der Waals surface area (Å²) in [5.74, 6) is 0.243. The molecule has 1 amide bonds. The molecule has 2 rings (SSSR count). The Kier molecular flexibility index (Phi) is 3.01. The van der Waals surface area contributed by atoms with E-state index in [2.05, 4.69) is 12.2 Å². The van der Waals surface area contributed by atoms with Crippen LogP contribution in [0.5, 0.6) is 0 Å². The molecular formula is C12H22N2O. The molecule has 0 aromatic carbocycles. The topological polar surface area (TPSA) is 32.3 Å². The molecule has 0 unspecified atom stereocenters. The lowest BCUT2D eigenvalue weighted by molar-refractivity contribution is -0.132. The SMILES string of the molecule is CCNC1CC2(CCN(C(C)=O)CC2)C1. The molecular weight excluding hydrogens is 188 g/mol. The van der Waals surface area contributed by atoms with Crippen molar-refractivity contribution in [2.24, 2.45) is 5.41 Å². The highest BCUT2D eigenvalue weighted by atomic mass is 16.2. The van der Waals surface area contributed by atoms with Crippen molar-refractivity contribution in [1.29, 1.82) is 0 Å². The van der Waals surface area contributed by atoms with Gasteiger partial charge in [-0.15, -0.1) is 0 Å². The molecule has 3 nitrogen and oxygen atoms in total. The number of hydrogen-bond acceptors (Lipinski definition) is 2. The molecule has 2 fully saturated rings. The number of nitrogens with one attached hydrogen (secondary N) is 1. The molecule has 1 saturated heterocycles. The molecule has 1 heterocycles. The predicted octanol–water partition coefficient (Wildman–Crippen LogP) is 1.39. The summed E-state index contributed by atoms with van der Waals surface area (Å²) in [6.45, 7) is 6.90. The summed E-state index contributed by atoms with van der Waals surface area (Å²) in [6.07, 6.45) is 5.09. The highest BCUT2D eigenvalue weighted by Gasteiger charge is 2.45. The minimum atomic E-state index is 0.243. The average Bonchev–Trinajstić information content (AvgIpc) is 2.16. The number of nitrogens with zero attached hydrogens (tertiary/aromatic N) is 1. The quantitative estimate of drug-likeness (QED) is 0.747. The first kappa shape index (κ1) is 10.9. The molecule has 0 aromatic rings. The zero-order valence-electron chi connectivity index (χ0n) is 9.88. The zero-order valence-corrected chi connectivity index (χ0v) is 9.88. The fourth-order valence-electron chi connectivity index (χ4n) is 3.12. The molecule has 0 atom stereocenters. The molecule has 0 aromatic heterocycles. The lowest BCUT2D eigenvalue weighted by Gasteiger charge is -2.52. The average molecular weight is 210 g/mol. The number of hydrogen-bond donors (Lipinski definition) is 1. The van der Waals surface area contributed by atoms with Gasteiger partial charge in [-0.3, -0.25) is 4.79 Å². The molecule has 1 saturated carbocycles. The molecule has 1 N–H and O–H groups in total. The lowest BCUT2D eigenvalue weighted by Crippen LogP contribution is -2.54. The van der Waals surface area contributed by atoms with Gasteiger partial charge in [0.15, 0.2) is 0 Å². The second-order valence-electron chi connectivity index (χ2n) is 5.17. The van der Waals surface area contributed by atoms with E-state index in [0.29, 0.717) is 5.41 Å². The van der Waals surface area contributed by atoms with Crippen molar-refractivity contribution in [3.63, 3.8) is 0 Å². The standard InChI is InChI=1S/C12H22N2O/c1-3-13-11-8-12(9-11)4-6-14(7-5-12)10(2)15/h11,13H,3-9H2,1-2H3. The third-order valence-corrected chi connectivity index (χ3v) is 4.12. The highest BCUT2D eigenvalue weighted by molar-refractivity contribution is 5.73. The van der Waals surface area contributed by atoms with E-state index in [-0.39, 0.29) is 5.91 Å². The Morgan fingerprint density at radius 2 is 2.00 bits per heavy atom. The van der Waals surface area contributed by atoms with Crippen molar-refractivity contribution in [3.05, 3.63) is 0 Å². The van der Waals surface area contributed by atoms with Crippen molar-refractivity contribution in [1.82, 2.24) is 10.2 Å². The van der Waals surface area contributed by atoms with E-state index in [1.807, 2.05) is 4.90 Å². The van der Waals surface area contributed by atoms with Gasteiger partial charge in [0.1, 0.15) is 0 Å². The highest BCUT2D eigenvalue weighted by Crippen LogP contribution is 2.48. The van der Waals surface area contributed by atoms with Gasteiger partial charge in [-0.1, -0.05) is 6.92 Å². The normalized spacial score (nSPS) is 25.3. The van der Waals surface area contributed by atoms with Gasteiger partial charge in [-0.2, -0.15) is 0 Å². The largest absolute Gasteiger partial charge is 0.343 e. The van der Waals surface area contributed by atoms with E-state index in [4.69, 9.17) is 0 Å². The van der Waals surface area contributed by atoms with Gasteiger partial charge in [-0.05, 0) is 37.6 Å². The summed E-state index contributed by atoms with van der Waals surface area (Å²) < 4.78 is 0. The van der Waals surface area contributed by atoms with Crippen LogP contribution in [-0.4, -0.2) is 36.5 Å². The van der Waals surface area contributed by atoms with E-state index in [9.17, 15) is 4.79 Å². The van der Waals surface area contributed by atoms with Crippen LogP contribution < -0.4 is 5.32 Å². The van der Waals surface area contributed by atoms with Crippen molar-refractivity contribution in [2.75, 3.05) is 19.6 Å². The number of amides is 1. The summed E-state index contributed by atoms with van der Waals surface area (Å²) in [7, 11) is 0. The van der Waals surface area contributed by atoms with Crippen LogP contribution in [0, 0.1) is 5.41 Å². The molecule has 2 aliphatic rings. The Morgan fingerprint density at radius 1 is 1.40 bits per heavy atom. The number of piperidine rings is 1. The molecule has 0 radical (unpaired) electrons. The van der Waals surface area contributed by atoms with E-state index < -0.39 is 0 Å². The van der Waals surface area contributed by atoms with Gasteiger partial charge in [0.05, 0.1) is 0 Å². The van der Waals surface area contributed by atoms with Crippen LogP contribution in [0.15, 0.2) is 0 Å². The maximum absolute atomic E-state index is 11.2. The monoisotopic (exact) mass is 210 g/mol. The number of carbonyl (C=O) groups excluding carboxylic acids is 1. The predicted molar refractivity (Wildman–Crippen MR) is 60.6 cm³/mol. The summed E-state index contributed by atoms with van der Waals surface area (Å²) in [6, 6.07) is 0.749. The Morgan fingerprint density at radius 3 is 2.47 bits per heavy atom. The first-order valence-electron chi connectivity index (χ1n) is 6.14. The first-order chi connectivity index (χ1) is 7.15. The third kappa shape index (κ3) is 2.17. The van der Waals surface area contributed by atoms with Crippen molar-refractivity contribution >= 4 is 5.91 Å². The van der Waals surface area contributed by atoms with Crippen molar-refractivity contribution < 1.29 is 4.79 Å². The molecule has 3 heteroatoms. The number of likely N-dealkylation sites (tertiary alicyclic amines) is 1. The van der Waals surface area contributed by atoms with Crippen LogP contribution >= 0.6 is 0 Å². The van der Waals surface area contributed by atoms with Crippen LogP contribution in [0.3, 0.4) is 0 Å². The van der Waals surface area contributed by atoms with E-state index in [0.717, 1.165) is 25.7 Å². The maximum Gasteiger partial charge on any atom is 0.219 e. The van der Waals surface area contributed by atoms with Crippen LogP contribution in [0.1, 0.15) is 39.5 Å². The van der Waals surface area contributed by atoms with Gasteiger partial charge < -0.3 is 10.2 Å². The van der Waals surface area contributed by atoms with Gasteiger partial charge in [-0.25, -0.2) is 0 Å². The van der Waals surface area contributed by atoms with E-state index >= 15 is 0 Å². The molecule has 0 bridgehead atoms. The summed E-state index contributed by atoms with van der Waals surface area (Å²) in [5.41, 5.74) is 0.582.